The van der Waals surface area contributed by atoms with Crippen molar-refractivity contribution in [2.45, 2.75) is 58.7 Å². The summed E-state index contributed by atoms with van der Waals surface area (Å²) in [5.74, 6) is 1.35. The van der Waals surface area contributed by atoms with Crippen LogP contribution < -0.4 is 14.8 Å². The van der Waals surface area contributed by atoms with Crippen LogP contribution in [0.3, 0.4) is 0 Å². The lowest BCUT2D eigenvalue weighted by Crippen LogP contribution is -2.25. The van der Waals surface area contributed by atoms with Crippen LogP contribution in [0.15, 0.2) is 36.4 Å². The number of rotatable bonds is 8. The highest BCUT2D eigenvalue weighted by molar-refractivity contribution is 6.32. The number of aryl methyl sites for hydroxylation is 1. The van der Waals surface area contributed by atoms with Crippen molar-refractivity contribution in [3.63, 3.8) is 0 Å². The van der Waals surface area contributed by atoms with Crippen molar-refractivity contribution in [1.82, 2.24) is 5.32 Å². The maximum Gasteiger partial charge on any atom is 0.180 e. The molecule has 1 fully saturated rings. The number of hydrogen-bond donors (Lipinski definition) is 1. The number of hydrogen-bond acceptors (Lipinski definition) is 3. The zero-order valence-electron chi connectivity index (χ0n) is 15.7. The Bertz CT molecular complexity index is 726. The quantitative estimate of drug-likeness (QED) is 0.647. The lowest BCUT2D eigenvalue weighted by molar-refractivity contribution is 0.268. The molecule has 3 nitrogen and oxygen atoms in total. The van der Waals surface area contributed by atoms with Gasteiger partial charge in [0.15, 0.2) is 11.5 Å². The van der Waals surface area contributed by atoms with Gasteiger partial charge in [0.05, 0.1) is 11.6 Å². The molecule has 0 heterocycles. The standard InChI is InChI=1S/C22H28ClNO2/c1-3-25-21-13-17(14-24-19-10-6-7-11-19)12-20(23)22(21)26-15-18-9-5-4-8-16(18)2/h4-5,8-9,12-13,19,24H,3,6-7,10-11,14-15H2,1-2H3. The van der Waals surface area contributed by atoms with Gasteiger partial charge in [-0.1, -0.05) is 48.7 Å². The lowest BCUT2D eigenvalue weighted by Gasteiger charge is -2.17. The molecule has 3 rings (SSSR count). The average Bonchev–Trinajstić information content (AvgIpc) is 3.14. The third kappa shape index (κ3) is 4.93. The summed E-state index contributed by atoms with van der Waals surface area (Å²) in [7, 11) is 0. The highest BCUT2D eigenvalue weighted by Gasteiger charge is 2.16. The van der Waals surface area contributed by atoms with E-state index in [2.05, 4.69) is 24.4 Å². The van der Waals surface area contributed by atoms with E-state index < -0.39 is 0 Å². The van der Waals surface area contributed by atoms with Gasteiger partial charge in [-0.2, -0.15) is 0 Å². The summed E-state index contributed by atoms with van der Waals surface area (Å²) >= 11 is 6.54. The van der Waals surface area contributed by atoms with Crippen LogP contribution in [0.1, 0.15) is 49.3 Å². The summed E-state index contributed by atoms with van der Waals surface area (Å²) in [5, 5.41) is 4.23. The van der Waals surface area contributed by atoms with Crippen LogP contribution >= 0.6 is 11.6 Å². The molecule has 26 heavy (non-hydrogen) atoms. The fourth-order valence-electron chi connectivity index (χ4n) is 3.44. The summed E-state index contributed by atoms with van der Waals surface area (Å²) in [6.45, 7) is 5.93. The zero-order valence-corrected chi connectivity index (χ0v) is 16.4. The average molecular weight is 374 g/mol. The summed E-state index contributed by atoms with van der Waals surface area (Å²) < 4.78 is 11.9. The van der Waals surface area contributed by atoms with Crippen LogP contribution in [0.4, 0.5) is 0 Å². The molecule has 0 atom stereocenters. The molecular formula is C22H28ClNO2. The Hall–Kier alpha value is -1.71. The largest absolute Gasteiger partial charge is 0.490 e. The molecule has 0 aromatic heterocycles. The number of halogens is 1. The van der Waals surface area contributed by atoms with Gasteiger partial charge in [-0.05, 0) is 55.5 Å². The Morgan fingerprint density at radius 3 is 2.62 bits per heavy atom. The van der Waals surface area contributed by atoms with Crippen molar-refractivity contribution in [1.29, 1.82) is 0 Å². The van der Waals surface area contributed by atoms with Gasteiger partial charge in [-0.3, -0.25) is 0 Å². The van der Waals surface area contributed by atoms with Gasteiger partial charge in [0, 0.05) is 12.6 Å². The number of benzene rings is 2. The molecule has 0 unspecified atom stereocenters. The van der Waals surface area contributed by atoms with E-state index in [9.17, 15) is 0 Å². The first kappa shape index (κ1) is 19.1. The fraction of sp³-hybridized carbons (Fsp3) is 0.455. The molecule has 1 saturated carbocycles. The van der Waals surface area contributed by atoms with Crippen LogP contribution in [-0.2, 0) is 13.2 Å². The van der Waals surface area contributed by atoms with E-state index in [-0.39, 0.29) is 0 Å². The third-order valence-electron chi connectivity index (χ3n) is 4.95. The van der Waals surface area contributed by atoms with Crippen molar-refractivity contribution in [3.8, 4) is 11.5 Å². The van der Waals surface area contributed by atoms with E-state index in [0.29, 0.717) is 30.0 Å². The molecule has 0 bridgehead atoms. The van der Waals surface area contributed by atoms with Gasteiger partial charge in [0.1, 0.15) is 6.61 Å². The van der Waals surface area contributed by atoms with Crippen molar-refractivity contribution in [3.05, 3.63) is 58.1 Å². The Labute approximate surface area is 161 Å². The van der Waals surface area contributed by atoms with Crippen molar-refractivity contribution < 1.29 is 9.47 Å². The molecule has 1 aliphatic rings. The molecule has 0 amide bonds. The first-order chi connectivity index (χ1) is 12.7. The van der Waals surface area contributed by atoms with E-state index in [4.69, 9.17) is 21.1 Å². The van der Waals surface area contributed by atoms with Crippen molar-refractivity contribution >= 4 is 11.6 Å². The minimum atomic E-state index is 0.478. The maximum absolute atomic E-state index is 6.54. The Morgan fingerprint density at radius 2 is 1.88 bits per heavy atom. The summed E-state index contributed by atoms with van der Waals surface area (Å²) in [4.78, 5) is 0. The van der Waals surface area contributed by atoms with Crippen LogP contribution in [0, 0.1) is 6.92 Å². The third-order valence-corrected chi connectivity index (χ3v) is 5.23. The SMILES string of the molecule is CCOc1cc(CNC2CCCC2)cc(Cl)c1OCc1ccccc1C. The van der Waals surface area contributed by atoms with E-state index >= 15 is 0 Å². The van der Waals surface area contributed by atoms with Gasteiger partial charge < -0.3 is 14.8 Å². The smallest absolute Gasteiger partial charge is 0.180 e. The minimum Gasteiger partial charge on any atom is -0.490 e. The first-order valence-electron chi connectivity index (χ1n) is 9.53. The van der Waals surface area contributed by atoms with E-state index in [0.717, 1.165) is 23.4 Å². The van der Waals surface area contributed by atoms with Gasteiger partial charge in [0.25, 0.3) is 0 Å². The predicted molar refractivity (Wildman–Crippen MR) is 107 cm³/mol. The highest BCUT2D eigenvalue weighted by atomic mass is 35.5. The predicted octanol–water partition coefficient (Wildman–Crippen LogP) is 5.66. The summed E-state index contributed by atoms with van der Waals surface area (Å²) in [6, 6.07) is 12.9. The van der Waals surface area contributed by atoms with Gasteiger partial charge in [-0.25, -0.2) is 0 Å². The van der Waals surface area contributed by atoms with Crippen molar-refractivity contribution in [2.24, 2.45) is 0 Å². The van der Waals surface area contributed by atoms with Gasteiger partial charge in [0.2, 0.25) is 0 Å². The lowest BCUT2D eigenvalue weighted by atomic mass is 10.1. The molecule has 0 radical (unpaired) electrons. The van der Waals surface area contributed by atoms with Crippen LogP contribution in [0.5, 0.6) is 11.5 Å². The molecule has 1 aliphatic carbocycles. The van der Waals surface area contributed by atoms with E-state index in [1.54, 1.807) is 0 Å². The molecule has 2 aromatic rings. The Kier molecular flexibility index (Phi) is 6.81. The second-order valence-corrected chi connectivity index (χ2v) is 7.32. The molecule has 4 heteroatoms. The monoisotopic (exact) mass is 373 g/mol. The molecule has 0 aliphatic heterocycles. The van der Waals surface area contributed by atoms with Crippen LogP contribution in [0.25, 0.3) is 0 Å². The normalized spacial score (nSPS) is 14.6. The maximum atomic E-state index is 6.54. The topological polar surface area (TPSA) is 30.5 Å². The van der Waals surface area contributed by atoms with E-state index in [1.807, 2.05) is 31.2 Å². The molecule has 2 aromatic carbocycles. The van der Waals surface area contributed by atoms with Crippen molar-refractivity contribution in [2.75, 3.05) is 6.61 Å². The molecule has 140 valence electrons. The molecule has 0 spiro atoms. The summed E-state index contributed by atoms with van der Waals surface area (Å²) in [5.41, 5.74) is 3.49. The molecule has 1 N–H and O–H groups in total. The number of nitrogens with one attached hydrogen (secondary N) is 1. The van der Waals surface area contributed by atoms with E-state index in [1.165, 1.54) is 31.2 Å². The molecular weight excluding hydrogens is 346 g/mol. The fourth-order valence-corrected chi connectivity index (χ4v) is 3.73. The second-order valence-electron chi connectivity index (χ2n) is 6.92. The Morgan fingerprint density at radius 1 is 1.12 bits per heavy atom. The number of ether oxygens (including phenoxy) is 2. The summed E-state index contributed by atoms with van der Waals surface area (Å²) in [6.07, 6.45) is 5.19. The zero-order chi connectivity index (χ0) is 18.4. The second kappa shape index (κ2) is 9.29. The van der Waals surface area contributed by atoms with Gasteiger partial charge >= 0.3 is 0 Å². The Balaban J connectivity index is 1.72. The first-order valence-corrected chi connectivity index (χ1v) is 9.91. The van der Waals surface area contributed by atoms with Crippen LogP contribution in [0.2, 0.25) is 5.02 Å². The highest BCUT2D eigenvalue weighted by Crippen LogP contribution is 2.37. The molecule has 0 saturated heterocycles. The minimum absolute atomic E-state index is 0.478. The van der Waals surface area contributed by atoms with Gasteiger partial charge in [-0.15, -0.1) is 0 Å². The van der Waals surface area contributed by atoms with Crippen LogP contribution in [-0.4, -0.2) is 12.6 Å².